The van der Waals surface area contributed by atoms with Crippen molar-refractivity contribution < 1.29 is 34.8 Å². The van der Waals surface area contributed by atoms with E-state index in [0.29, 0.717) is 0 Å². The maximum Gasteiger partial charge on any atom is 2.00 e. The normalized spacial score (nSPS) is 5.00. The fourth-order valence-corrected chi connectivity index (χ4v) is 0. The van der Waals surface area contributed by atoms with Crippen LogP contribution in [0.5, 0.6) is 0 Å². The van der Waals surface area contributed by atoms with Gasteiger partial charge in [0, 0.05) is 21.7 Å². The second kappa shape index (κ2) is 16.1. The largest absolute Gasteiger partial charge is 2.00 e. The van der Waals surface area contributed by atoms with E-state index in [0.717, 1.165) is 0 Å². The van der Waals surface area contributed by atoms with Crippen molar-refractivity contribution in [2.24, 2.45) is 0 Å². The Kier molecular flexibility index (Phi) is 42.1. The van der Waals surface area contributed by atoms with Crippen LogP contribution in [0.25, 0.3) is 0 Å². The molecule has 0 atom stereocenters. The van der Waals surface area contributed by atoms with Gasteiger partial charge in [0.05, 0.1) is 13.2 Å². The van der Waals surface area contributed by atoms with Crippen molar-refractivity contribution in [1.82, 2.24) is 0 Å². The summed E-state index contributed by atoms with van der Waals surface area (Å²) in [4.78, 5) is 0. The molecule has 0 saturated carbocycles. The van der Waals surface area contributed by atoms with Gasteiger partial charge in [-0.15, -0.1) is 0 Å². The van der Waals surface area contributed by atoms with Crippen LogP contribution in [0.2, 0.25) is 0 Å². The topological polar surface area (TPSA) is 40.5 Å². The number of aliphatic hydroxyl groups excluding tert-OH is 2. The Labute approximate surface area is 70.9 Å². The Bertz CT molecular complexity index is 20.0. The van der Waals surface area contributed by atoms with Crippen LogP contribution in [-0.4, -0.2) is 46.5 Å². The molecular weight excluding hydrogens is 128 g/mol. The van der Waals surface area contributed by atoms with Crippen molar-refractivity contribution in [3.8, 4) is 0 Å². The van der Waals surface area contributed by atoms with Crippen LogP contribution in [0, 0.1) is 0 Å². The number of aliphatic hydroxyl groups is 2. The first kappa shape index (κ1) is 15.7. The molecule has 0 radical (unpaired) electrons. The average molecular weight is 136 g/mol. The second-order valence-corrected chi connectivity index (χ2v) is 0.447. The van der Waals surface area contributed by atoms with Gasteiger partial charge in [0.15, 0.2) is 0 Å². The monoisotopic (exact) mass is 136 g/mol. The minimum absolute atomic E-state index is 0. The summed E-state index contributed by atoms with van der Waals surface area (Å²) in [5.74, 6) is 0. The molecule has 34 valence electrons. The molecule has 0 aliphatic rings. The third-order valence-electron chi connectivity index (χ3n) is 0.1000. The van der Waals surface area contributed by atoms with Gasteiger partial charge in [0.25, 0.3) is 0 Å². The van der Waals surface area contributed by atoms with Crippen LogP contribution in [0.3, 0.4) is 0 Å². The van der Waals surface area contributed by atoms with Crippen LogP contribution in [-0.2, 0) is 21.7 Å². The summed E-state index contributed by atoms with van der Waals surface area (Å²) < 4.78 is 0. The average Bonchev–Trinajstić information content (AvgIpc) is 1.37. The molecule has 0 aromatic rings. The molecular formula is C2H8MgO2Ti. The predicted octanol–water partition coefficient (Wildman–Crippen LogP) is -1.19. The summed E-state index contributed by atoms with van der Waals surface area (Å²) in [6, 6.07) is 0. The van der Waals surface area contributed by atoms with Crippen molar-refractivity contribution in [2.75, 3.05) is 13.2 Å². The Morgan fingerprint density at radius 3 is 1.33 bits per heavy atom. The second-order valence-electron chi connectivity index (χ2n) is 0.447. The molecule has 0 saturated heterocycles. The van der Waals surface area contributed by atoms with Crippen LogP contribution in [0.1, 0.15) is 2.85 Å². The molecule has 0 fully saturated rings. The van der Waals surface area contributed by atoms with E-state index in [2.05, 4.69) is 0 Å². The van der Waals surface area contributed by atoms with Gasteiger partial charge in [0.2, 0.25) is 0 Å². The fourth-order valence-electron chi connectivity index (χ4n) is 0. The first-order chi connectivity index (χ1) is 1.91. The van der Waals surface area contributed by atoms with Crippen molar-refractivity contribution in [3.63, 3.8) is 0 Å². The number of rotatable bonds is 1. The SMILES string of the molecule is OCCO.[H-].[H-].[Mg+2].[Ti]. The van der Waals surface area contributed by atoms with Gasteiger partial charge in [-0.25, -0.2) is 0 Å². The standard InChI is InChI=1S/C2H6O2.Mg.Ti.2H/c3-1-2-4;;;;/h3-4H,1-2H2;;;;/q;+2;;2*-1. The zero-order chi connectivity index (χ0) is 3.41. The first-order valence-corrected chi connectivity index (χ1v) is 1.13. The molecule has 0 aliphatic heterocycles. The molecule has 0 spiro atoms. The third kappa shape index (κ3) is 18.1. The van der Waals surface area contributed by atoms with Crippen molar-refractivity contribution in [3.05, 3.63) is 0 Å². The van der Waals surface area contributed by atoms with E-state index in [4.69, 9.17) is 10.2 Å². The van der Waals surface area contributed by atoms with E-state index in [1.807, 2.05) is 0 Å². The quantitative estimate of drug-likeness (QED) is 0.445. The Morgan fingerprint density at radius 1 is 1.17 bits per heavy atom. The van der Waals surface area contributed by atoms with Gasteiger partial charge in [-0.1, -0.05) is 0 Å². The molecule has 4 heteroatoms. The van der Waals surface area contributed by atoms with Gasteiger partial charge >= 0.3 is 23.1 Å². The third-order valence-corrected chi connectivity index (χ3v) is 0.1000. The van der Waals surface area contributed by atoms with E-state index in [1.54, 1.807) is 0 Å². The van der Waals surface area contributed by atoms with Crippen LogP contribution >= 0.6 is 0 Å². The van der Waals surface area contributed by atoms with Gasteiger partial charge < -0.3 is 13.1 Å². The predicted molar refractivity (Wildman–Crippen MR) is 22.1 cm³/mol. The zero-order valence-electron chi connectivity index (χ0n) is 5.52. The summed E-state index contributed by atoms with van der Waals surface area (Å²) in [5.41, 5.74) is 0. The summed E-state index contributed by atoms with van der Waals surface area (Å²) in [6.45, 7) is -0.250. The van der Waals surface area contributed by atoms with E-state index >= 15 is 0 Å². The van der Waals surface area contributed by atoms with Gasteiger partial charge in [-0.05, 0) is 0 Å². The minimum Gasteiger partial charge on any atom is -1.00 e. The van der Waals surface area contributed by atoms with Gasteiger partial charge in [-0.2, -0.15) is 0 Å². The maximum atomic E-state index is 7.62. The molecule has 2 N–H and O–H groups in total. The molecule has 0 bridgehead atoms. The Morgan fingerprint density at radius 2 is 1.33 bits per heavy atom. The summed E-state index contributed by atoms with van der Waals surface area (Å²) in [6.07, 6.45) is 0. The van der Waals surface area contributed by atoms with Crippen molar-refractivity contribution in [1.29, 1.82) is 0 Å². The molecule has 0 rings (SSSR count). The fraction of sp³-hybridized carbons (Fsp3) is 1.00. The van der Waals surface area contributed by atoms with Gasteiger partial charge in [0.1, 0.15) is 0 Å². The van der Waals surface area contributed by atoms with E-state index in [9.17, 15) is 0 Å². The van der Waals surface area contributed by atoms with Crippen molar-refractivity contribution in [2.45, 2.75) is 0 Å². The molecule has 0 aromatic heterocycles. The van der Waals surface area contributed by atoms with E-state index in [-0.39, 0.29) is 60.8 Å². The summed E-state index contributed by atoms with van der Waals surface area (Å²) in [5, 5.41) is 15.2. The smallest absolute Gasteiger partial charge is 1.00 e. The summed E-state index contributed by atoms with van der Waals surface area (Å²) in [7, 11) is 0. The molecule has 0 aliphatic carbocycles. The van der Waals surface area contributed by atoms with E-state index < -0.39 is 0 Å². The van der Waals surface area contributed by atoms with E-state index in [1.165, 1.54) is 0 Å². The molecule has 0 heterocycles. The molecule has 0 aromatic carbocycles. The molecule has 0 unspecified atom stereocenters. The van der Waals surface area contributed by atoms with Crippen LogP contribution < -0.4 is 0 Å². The minimum atomic E-state index is -0.125. The number of hydrogen-bond acceptors (Lipinski definition) is 2. The number of hydrogen-bond donors (Lipinski definition) is 2. The molecule has 2 nitrogen and oxygen atoms in total. The molecule has 0 amide bonds. The maximum absolute atomic E-state index is 7.62. The zero-order valence-corrected chi connectivity index (χ0v) is 6.49. The molecule has 6 heavy (non-hydrogen) atoms. The first-order valence-electron chi connectivity index (χ1n) is 1.13. The summed E-state index contributed by atoms with van der Waals surface area (Å²) >= 11 is 0. The van der Waals surface area contributed by atoms with Crippen molar-refractivity contribution >= 4 is 23.1 Å². The van der Waals surface area contributed by atoms with Crippen LogP contribution in [0.15, 0.2) is 0 Å². The Balaban J connectivity index is -0.00000000750. The Hall–Kier alpha value is 1.40. The van der Waals surface area contributed by atoms with Gasteiger partial charge in [-0.3, -0.25) is 0 Å². The van der Waals surface area contributed by atoms with Crippen LogP contribution in [0.4, 0.5) is 0 Å².